The van der Waals surface area contributed by atoms with Gasteiger partial charge >= 0.3 is 5.97 Å². The van der Waals surface area contributed by atoms with E-state index >= 15 is 0 Å². The van der Waals surface area contributed by atoms with Crippen molar-refractivity contribution in [2.75, 3.05) is 13.2 Å². The van der Waals surface area contributed by atoms with Gasteiger partial charge in [0.05, 0.1) is 13.2 Å². The maximum Gasteiger partial charge on any atom is 0.323 e. The van der Waals surface area contributed by atoms with Crippen molar-refractivity contribution >= 4 is 5.97 Å². The van der Waals surface area contributed by atoms with Gasteiger partial charge in [-0.2, -0.15) is 0 Å². The average Bonchev–Trinajstić information content (AvgIpc) is 2.49. The molecule has 0 bridgehead atoms. The molecule has 0 amide bonds. The Balaban J connectivity index is 2.46. The van der Waals surface area contributed by atoms with Crippen molar-refractivity contribution in [3.05, 3.63) is 29.8 Å². The molecule has 0 radical (unpaired) electrons. The first kappa shape index (κ1) is 17.5. The molecule has 0 aliphatic carbocycles. The molecule has 0 saturated heterocycles. The Hall–Kier alpha value is -1.59. The van der Waals surface area contributed by atoms with Crippen LogP contribution in [0.5, 0.6) is 5.75 Å². The van der Waals surface area contributed by atoms with Crippen molar-refractivity contribution in [1.82, 2.24) is 5.32 Å². The number of hydrogen-bond acceptors (Lipinski definition) is 4. The number of nitrogens with one attached hydrogen (secondary N) is 1. The quantitative estimate of drug-likeness (QED) is 0.577. The summed E-state index contributed by atoms with van der Waals surface area (Å²) < 4.78 is 5.63. The molecule has 0 aliphatic heterocycles. The van der Waals surface area contributed by atoms with E-state index in [2.05, 4.69) is 5.32 Å². The van der Waals surface area contributed by atoms with Gasteiger partial charge in [0.15, 0.2) is 0 Å². The number of aliphatic hydroxyl groups excluding tert-OH is 1. The highest BCUT2D eigenvalue weighted by Gasteiger charge is 2.31. The van der Waals surface area contributed by atoms with E-state index in [1.54, 1.807) is 19.1 Å². The van der Waals surface area contributed by atoms with Crippen molar-refractivity contribution in [2.45, 2.75) is 45.3 Å². The van der Waals surface area contributed by atoms with Crippen LogP contribution in [0.1, 0.15) is 38.7 Å². The van der Waals surface area contributed by atoms with Gasteiger partial charge < -0.3 is 20.3 Å². The first-order chi connectivity index (χ1) is 10.0. The number of rotatable bonds is 10. The van der Waals surface area contributed by atoms with E-state index in [4.69, 9.17) is 4.74 Å². The molecule has 118 valence electrons. The highest BCUT2D eigenvalue weighted by atomic mass is 16.5. The van der Waals surface area contributed by atoms with Gasteiger partial charge in [-0.25, -0.2) is 0 Å². The molecule has 1 unspecified atom stereocenters. The van der Waals surface area contributed by atoms with Gasteiger partial charge in [0.2, 0.25) is 0 Å². The molecule has 5 nitrogen and oxygen atoms in total. The van der Waals surface area contributed by atoms with Crippen LogP contribution in [0, 0.1) is 0 Å². The predicted octanol–water partition coefficient (Wildman–Crippen LogP) is 2.18. The Morgan fingerprint density at radius 2 is 2.10 bits per heavy atom. The summed E-state index contributed by atoms with van der Waals surface area (Å²) in [6.07, 6.45) is 2.01. The lowest BCUT2D eigenvalue weighted by Gasteiger charge is -2.26. The predicted molar refractivity (Wildman–Crippen MR) is 81.4 cm³/mol. The largest absolute Gasteiger partial charge is 0.493 e. The standard InChI is InChI=1S/C16H25NO4/c1-3-10-17-16(2,15(19)20)9-6-11-21-14-8-5-4-7-13(14)12-18/h4-5,7-8,17-18H,3,6,9-12H2,1-2H3,(H,19,20). The summed E-state index contributed by atoms with van der Waals surface area (Å²) in [7, 11) is 0. The Kier molecular flexibility index (Phi) is 7.19. The third-order valence-electron chi connectivity index (χ3n) is 3.46. The van der Waals surface area contributed by atoms with E-state index in [0.717, 1.165) is 12.0 Å². The summed E-state index contributed by atoms with van der Waals surface area (Å²) in [6.45, 7) is 4.74. The zero-order valence-corrected chi connectivity index (χ0v) is 12.8. The SMILES string of the molecule is CCCNC(C)(CCCOc1ccccc1CO)C(=O)O. The third kappa shape index (κ3) is 5.36. The molecule has 0 heterocycles. The number of hydrogen-bond donors (Lipinski definition) is 3. The van der Waals surface area contributed by atoms with Crippen molar-refractivity contribution < 1.29 is 19.7 Å². The summed E-state index contributed by atoms with van der Waals surface area (Å²) in [4.78, 5) is 11.4. The fraction of sp³-hybridized carbons (Fsp3) is 0.562. The van der Waals surface area contributed by atoms with E-state index in [1.165, 1.54) is 0 Å². The number of aliphatic carboxylic acids is 1. The molecule has 0 aromatic heterocycles. The van der Waals surface area contributed by atoms with Gasteiger partial charge in [-0.15, -0.1) is 0 Å². The van der Waals surface area contributed by atoms with Crippen LogP contribution in [0.4, 0.5) is 0 Å². The van der Waals surface area contributed by atoms with Crippen LogP contribution in [-0.4, -0.2) is 34.9 Å². The molecule has 1 rings (SSSR count). The minimum Gasteiger partial charge on any atom is -0.493 e. The number of carboxylic acid groups (broad SMARTS) is 1. The minimum absolute atomic E-state index is 0.0684. The number of carboxylic acids is 1. The van der Waals surface area contributed by atoms with E-state index in [1.807, 2.05) is 19.1 Å². The molecule has 0 spiro atoms. The summed E-state index contributed by atoms with van der Waals surface area (Å²) in [6, 6.07) is 7.30. The van der Waals surface area contributed by atoms with Crippen LogP contribution in [0.2, 0.25) is 0 Å². The second kappa shape index (κ2) is 8.64. The topological polar surface area (TPSA) is 78.8 Å². The van der Waals surface area contributed by atoms with Crippen LogP contribution in [0.25, 0.3) is 0 Å². The average molecular weight is 295 g/mol. The zero-order chi connectivity index (χ0) is 15.7. The van der Waals surface area contributed by atoms with Crippen molar-refractivity contribution in [2.24, 2.45) is 0 Å². The number of aliphatic hydroxyl groups is 1. The molecular formula is C16H25NO4. The second-order valence-corrected chi connectivity index (χ2v) is 5.28. The van der Waals surface area contributed by atoms with Crippen molar-refractivity contribution in [1.29, 1.82) is 0 Å². The molecule has 0 saturated carbocycles. The van der Waals surface area contributed by atoms with Crippen LogP contribution in [0.3, 0.4) is 0 Å². The summed E-state index contributed by atoms with van der Waals surface area (Å²) in [5.74, 6) is -0.190. The fourth-order valence-electron chi connectivity index (χ4n) is 2.05. The summed E-state index contributed by atoms with van der Waals surface area (Å²) in [5, 5.41) is 21.6. The van der Waals surface area contributed by atoms with Gasteiger partial charge in [-0.05, 0) is 38.8 Å². The van der Waals surface area contributed by atoms with Crippen LogP contribution >= 0.6 is 0 Å². The van der Waals surface area contributed by atoms with Crippen molar-refractivity contribution in [3.63, 3.8) is 0 Å². The highest BCUT2D eigenvalue weighted by Crippen LogP contribution is 2.19. The van der Waals surface area contributed by atoms with Gasteiger partial charge in [-0.3, -0.25) is 4.79 Å². The lowest BCUT2D eigenvalue weighted by atomic mass is 9.96. The number of carbonyl (C=O) groups is 1. The Morgan fingerprint density at radius 1 is 1.38 bits per heavy atom. The van der Waals surface area contributed by atoms with Gasteiger partial charge in [-0.1, -0.05) is 25.1 Å². The molecule has 1 atom stereocenters. The number of para-hydroxylation sites is 1. The van der Waals surface area contributed by atoms with Gasteiger partial charge in [0, 0.05) is 5.56 Å². The van der Waals surface area contributed by atoms with Crippen LogP contribution < -0.4 is 10.1 Å². The highest BCUT2D eigenvalue weighted by molar-refractivity contribution is 5.78. The first-order valence-corrected chi connectivity index (χ1v) is 7.33. The summed E-state index contributed by atoms with van der Waals surface area (Å²) >= 11 is 0. The third-order valence-corrected chi connectivity index (χ3v) is 3.46. The van der Waals surface area contributed by atoms with Crippen LogP contribution in [-0.2, 0) is 11.4 Å². The minimum atomic E-state index is -0.921. The maximum absolute atomic E-state index is 11.4. The molecule has 21 heavy (non-hydrogen) atoms. The molecule has 0 aliphatic rings. The normalized spacial score (nSPS) is 13.7. The molecule has 5 heteroatoms. The maximum atomic E-state index is 11.4. The van der Waals surface area contributed by atoms with Gasteiger partial charge in [0.1, 0.15) is 11.3 Å². The van der Waals surface area contributed by atoms with E-state index in [9.17, 15) is 15.0 Å². The molecule has 0 fully saturated rings. The van der Waals surface area contributed by atoms with Gasteiger partial charge in [0.25, 0.3) is 0 Å². The first-order valence-electron chi connectivity index (χ1n) is 7.33. The molecule has 1 aromatic carbocycles. The van der Waals surface area contributed by atoms with E-state index < -0.39 is 11.5 Å². The molecule has 1 aromatic rings. The second-order valence-electron chi connectivity index (χ2n) is 5.28. The van der Waals surface area contributed by atoms with E-state index in [-0.39, 0.29) is 6.61 Å². The van der Waals surface area contributed by atoms with Crippen molar-refractivity contribution in [3.8, 4) is 5.75 Å². The fourth-order valence-corrected chi connectivity index (χ4v) is 2.05. The Labute approximate surface area is 125 Å². The van der Waals surface area contributed by atoms with E-state index in [0.29, 0.717) is 31.7 Å². The lowest BCUT2D eigenvalue weighted by Crippen LogP contribution is -2.49. The number of ether oxygens (including phenoxy) is 1. The lowest BCUT2D eigenvalue weighted by molar-refractivity contribution is -0.144. The monoisotopic (exact) mass is 295 g/mol. The Bertz CT molecular complexity index is 450. The Morgan fingerprint density at radius 3 is 2.71 bits per heavy atom. The van der Waals surface area contributed by atoms with Crippen LogP contribution in [0.15, 0.2) is 24.3 Å². The zero-order valence-electron chi connectivity index (χ0n) is 12.8. The molecular weight excluding hydrogens is 270 g/mol. The summed E-state index contributed by atoms with van der Waals surface area (Å²) in [5.41, 5.74) is -0.182. The smallest absolute Gasteiger partial charge is 0.323 e. The molecule has 3 N–H and O–H groups in total. The number of benzene rings is 1.